The molecule has 0 spiro atoms. The number of rotatable bonds is 4. The van der Waals surface area contributed by atoms with Crippen molar-refractivity contribution in [2.45, 2.75) is 78.0 Å². The SMILES string of the molecule is CC(C)PC(C)C.CC(C)PC(C)C.[Ti+2].[c-]1ccccc1.[c-]1ccccc1. The van der Waals surface area contributed by atoms with Crippen LogP contribution in [0.15, 0.2) is 60.7 Å². The fraction of sp³-hybridized carbons (Fsp3) is 0.500. The molecule has 3 heteroatoms. The van der Waals surface area contributed by atoms with E-state index in [1.54, 1.807) is 0 Å². The third kappa shape index (κ3) is 37.5. The van der Waals surface area contributed by atoms with E-state index in [0.29, 0.717) is 0 Å². The van der Waals surface area contributed by atoms with E-state index in [9.17, 15) is 0 Å². The molecule has 0 saturated carbocycles. The standard InChI is InChI=1S/2C6H15P.2C6H5.Ti/c2*1-5(2)7-6(3)4;2*1-2-4-6-5-3-1;/h2*5-7H,1-4H3;2*1-5H;/q;;2*-1;+2. The zero-order valence-corrected chi connectivity index (χ0v) is 22.1. The summed E-state index contributed by atoms with van der Waals surface area (Å²) in [4.78, 5) is 0. The first-order chi connectivity index (χ1) is 12.3. The molecule has 0 saturated heterocycles. The molecule has 0 aliphatic heterocycles. The van der Waals surface area contributed by atoms with Gasteiger partial charge in [0, 0.05) is 0 Å². The Kier molecular flexibility index (Phi) is 28.2. The Morgan fingerprint density at radius 2 is 0.667 bits per heavy atom. The first-order valence-electron chi connectivity index (χ1n) is 9.59. The van der Waals surface area contributed by atoms with Gasteiger partial charge in [-0.15, -0.1) is 17.2 Å². The largest absolute Gasteiger partial charge is 2.00 e. The summed E-state index contributed by atoms with van der Waals surface area (Å²) in [6.45, 7) is 18.2. The molecule has 0 heterocycles. The van der Waals surface area contributed by atoms with E-state index in [4.69, 9.17) is 0 Å². The van der Waals surface area contributed by atoms with Gasteiger partial charge in [0.05, 0.1) is 0 Å². The normalized spacial score (nSPS) is 9.33. The molecule has 0 fully saturated rings. The van der Waals surface area contributed by atoms with Crippen LogP contribution in [0.1, 0.15) is 55.4 Å². The van der Waals surface area contributed by atoms with Gasteiger partial charge in [-0.25, -0.2) is 0 Å². The summed E-state index contributed by atoms with van der Waals surface area (Å²) < 4.78 is 0. The van der Waals surface area contributed by atoms with Crippen LogP contribution in [0.2, 0.25) is 0 Å². The van der Waals surface area contributed by atoms with Crippen LogP contribution in [0.4, 0.5) is 0 Å². The van der Waals surface area contributed by atoms with E-state index in [2.05, 4.69) is 67.5 Å². The summed E-state index contributed by atoms with van der Waals surface area (Å²) in [6, 6.07) is 25.0. The van der Waals surface area contributed by atoms with Crippen LogP contribution in [0.5, 0.6) is 0 Å². The van der Waals surface area contributed by atoms with E-state index in [-0.39, 0.29) is 21.7 Å². The van der Waals surface area contributed by atoms with Crippen molar-refractivity contribution in [1.82, 2.24) is 0 Å². The molecule has 0 aromatic heterocycles. The summed E-state index contributed by atoms with van der Waals surface area (Å²) in [5.74, 6) is 0. The summed E-state index contributed by atoms with van der Waals surface area (Å²) in [7, 11) is 2.29. The maximum absolute atomic E-state index is 2.89. The fourth-order valence-electron chi connectivity index (χ4n) is 2.02. The van der Waals surface area contributed by atoms with E-state index < -0.39 is 0 Å². The van der Waals surface area contributed by atoms with Crippen molar-refractivity contribution in [3.8, 4) is 0 Å². The van der Waals surface area contributed by atoms with E-state index >= 15 is 0 Å². The summed E-state index contributed by atoms with van der Waals surface area (Å²) in [6.07, 6.45) is 0. The van der Waals surface area contributed by atoms with Crippen LogP contribution in [-0.4, -0.2) is 22.6 Å². The second-order valence-electron chi connectivity index (χ2n) is 7.11. The minimum atomic E-state index is 0. The number of hydrogen-bond donors (Lipinski definition) is 0. The first-order valence-corrected chi connectivity index (χ1v) is 11.9. The molecule has 0 bridgehead atoms. The smallest absolute Gasteiger partial charge is 0.184 e. The maximum atomic E-state index is 2.89. The van der Waals surface area contributed by atoms with Crippen molar-refractivity contribution < 1.29 is 21.7 Å². The van der Waals surface area contributed by atoms with Crippen LogP contribution in [0, 0.1) is 12.1 Å². The fourth-order valence-corrected chi connectivity index (χ4v) is 4.68. The summed E-state index contributed by atoms with van der Waals surface area (Å²) >= 11 is 0. The molecule has 2 aromatic rings. The molecular formula is C24H40P2Ti. The van der Waals surface area contributed by atoms with Crippen LogP contribution in [0.3, 0.4) is 0 Å². The minimum Gasteiger partial charge on any atom is -0.184 e. The predicted octanol–water partition coefficient (Wildman–Crippen LogP) is 7.93. The minimum absolute atomic E-state index is 0. The Labute approximate surface area is 189 Å². The van der Waals surface area contributed by atoms with E-state index in [1.165, 1.54) is 0 Å². The Morgan fingerprint density at radius 1 is 0.444 bits per heavy atom. The molecule has 0 N–H and O–H groups in total. The summed E-state index contributed by atoms with van der Waals surface area (Å²) in [5.41, 5.74) is 3.61. The molecule has 0 aliphatic carbocycles. The molecule has 2 rings (SSSR count). The zero-order valence-electron chi connectivity index (χ0n) is 18.6. The van der Waals surface area contributed by atoms with Gasteiger partial charge in [0.15, 0.2) is 0 Å². The molecule has 0 aliphatic rings. The number of benzene rings is 2. The Morgan fingerprint density at radius 3 is 0.704 bits per heavy atom. The second-order valence-corrected chi connectivity index (χ2v) is 12.4. The van der Waals surface area contributed by atoms with Crippen molar-refractivity contribution in [3.63, 3.8) is 0 Å². The van der Waals surface area contributed by atoms with Gasteiger partial charge in [-0.3, -0.25) is 0 Å². The third-order valence-electron chi connectivity index (χ3n) is 2.55. The molecule has 0 unspecified atom stereocenters. The predicted molar refractivity (Wildman–Crippen MR) is 128 cm³/mol. The van der Waals surface area contributed by atoms with Crippen molar-refractivity contribution >= 4 is 17.2 Å². The maximum Gasteiger partial charge on any atom is 2.00 e. The molecule has 27 heavy (non-hydrogen) atoms. The van der Waals surface area contributed by atoms with Crippen LogP contribution >= 0.6 is 17.2 Å². The van der Waals surface area contributed by atoms with Gasteiger partial charge < -0.3 is 0 Å². The van der Waals surface area contributed by atoms with Gasteiger partial charge in [0.2, 0.25) is 0 Å². The first kappa shape index (κ1) is 31.7. The quantitative estimate of drug-likeness (QED) is 0.258. The van der Waals surface area contributed by atoms with Gasteiger partial charge in [-0.2, -0.15) is 72.8 Å². The molecule has 150 valence electrons. The van der Waals surface area contributed by atoms with Gasteiger partial charge in [0.1, 0.15) is 0 Å². The Bertz CT molecular complexity index is 345. The molecular weight excluding hydrogens is 398 g/mol. The Hall–Kier alpha value is 0.0143. The zero-order chi connectivity index (χ0) is 20.2. The molecule has 0 radical (unpaired) electrons. The third-order valence-corrected chi connectivity index (χ3v) is 5.21. The molecule has 0 amide bonds. The average Bonchev–Trinajstić information content (AvgIpc) is 2.57. The second kappa shape index (κ2) is 24.1. The van der Waals surface area contributed by atoms with Crippen molar-refractivity contribution in [2.24, 2.45) is 0 Å². The molecule has 2 aromatic carbocycles. The van der Waals surface area contributed by atoms with Crippen molar-refractivity contribution in [2.75, 3.05) is 0 Å². The molecule has 0 atom stereocenters. The molecule has 0 nitrogen and oxygen atoms in total. The average molecular weight is 438 g/mol. The van der Waals surface area contributed by atoms with Gasteiger partial charge in [-0.1, -0.05) is 55.4 Å². The number of hydrogen-bond acceptors (Lipinski definition) is 0. The van der Waals surface area contributed by atoms with E-state index in [0.717, 1.165) is 39.8 Å². The van der Waals surface area contributed by atoms with E-state index in [1.807, 2.05) is 60.7 Å². The van der Waals surface area contributed by atoms with Crippen molar-refractivity contribution in [1.29, 1.82) is 0 Å². The monoisotopic (exact) mass is 438 g/mol. The van der Waals surface area contributed by atoms with Gasteiger partial charge in [0.25, 0.3) is 0 Å². The van der Waals surface area contributed by atoms with Gasteiger partial charge >= 0.3 is 21.7 Å². The summed E-state index contributed by atoms with van der Waals surface area (Å²) in [5, 5.41) is 0. The Balaban J connectivity index is -0.000000281. The van der Waals surface area contributed by atoms with Crippen LogP contribution in [0.25, 0.3) is 0 Å². The van der Waals surface area contributed by atoms with Crippen LogP contribution in [-0.2, 0) is 21.7 Å². The van der Waals surface area contributed by atoms with Crippen LogP contribution < -0.4 is 0 Å². The topological polar surface area (TPSA) is 0 Å². The van der Waals surface area contributed by atoms with Gasteiger partial charge in [-0.05, 0) is 22.6 Å². The van der Waals surface area contributed by atoms with Crippen molar-refractivity contribution in [3.05, 3.63) is 72.8 Å².